The Kier molecular flexibility index (Phi) is 2.68. The minimum absolute atomic E-state index is 0.160. The Morgan fingerprint density at radius 3 is 2.88 bits per heavy atom. The van der Waals surface area contributed by atoms with E-state index in [0.717, 1.165) is 0 Å². The van der Waals surface area contributed by atoms with Gasteiger partial charge in [0.15, 0.2) is 11.6 Å². The number of primary amides is 1. The number of phenolic OH excluding ortho intramolecular Hbond substituents is 1. The molecule has 0 spiro atoms. The number of carbonyl (C=O) groups excluding carboxylic acids is 1. The van der Waals surface area contributed by atoms with Crippen molar-refractivity contribution in [2.45, 2.75) is 6.42 Å². The van der Waals surface area contributed by atoms with Crippen LogP contribution >= 0.6 is 0 Å². The lowest BCUT2D eigenvalue weighted by Crippen LogP contribution is -2.27. The zero-order valence-corrected chi connectivity index (χ0v) is 8.69. The summed E-state index contributed by atoms with van der Waals surface area (Å²) in [7, 11) is 0. The van der Waals surface area contributed by atoms with Gasteiger partial charge in [-0.05, 0) is 18.6 Å². The Morgan fingerprint density at radius 1 is 1.56 bits per heavy atom. The lowest BCUT2D eigenvalue weighted by Gasteiger charge is -2.18. The van der Waals surface area contributed by atoms with E-state index in [1.165, 1.54) is 12.1 Å². The van der Waals surface area contributed by atoms with Crippen molar-refractivity contribution in [3.8, 4) is 5.75 Å². The molecule has 3 N–H and O–H groups in total. The standard InChI is InChI=1S/C11H13FN2O2/c12-9-2-1-8(5-10(9)15)14-4-3-7(6-14)11(13)16/h1-2,5,7,15H,3-4,6H2,(H2,13,16). The molecular formula is C11H13FN2O2. The maximum absolute atomic E-state index is 12.8. The predicted molar refractivity (Wildman–Crippen MR) is 57.6 cm³/mol. The smallest absolute Gasteiger partial charge is 0.222 e. The highest BCUT2D eigenvalue weighted by molar-refractivity contribution is 5.78. The number of anilines is 1. The van der Waals surface area contributed by atoms with Crippen LogP contribution in [0.3, 0.4) is 0 Å². The third kappa shape index (κ3) is 1.93. The summed E-state index contributed by atoms with van der Waals surface area (Å²) in [6.07, 6.45) is 0.702. The first kappa shape index (κ1) is 10.7. The van der Waals surface area contributed by atoms with Crippen LogP contribution in [-0.4, -0.2) is 24.1 Å². The number of aromatic hydroxyl groups is 1. The number of amides is 1. The maximum atomic E-state index is 12.8. The number of halogens is 1. The second-order valence-corrected chi connectivity index (χ2v) is 3.97. The topological polar surface area (TPSA) is 66.6 Å². The molecule has 1 saturated heterocycles. The van der Waals surface area contributed by atoms with E-state index in [4.69, 9.17) is 5.73 Å². The quantitative estimate of drug-likeness (QED) is 0.782. The predicted octanol–water partition coefficient (Wildman–Crippen LogP) is 0.843. The zero-order chi connectivity index (χ0) is 11.7. The van der Waals surface area contributed by atoms with Gasteiger partial charge >= 0.3 is 0 Å². The molecule has 1 aliphatic rings. The summed E-state index contributed by atoms with van der Waals surface area (Å²) in [5.41, 5.74) is 5.93. The van der Waals surface area contributed by atoms with Crippen molar-refractivity contribution in [2.75, 3.05) is 18.0 Å². The monoisotopic (exact) mass is 224 g/mol. The molecule has 0 saturated carbocycles. The lowest BCUT2D eigenvalue weighted by molar-refractivity contribution is -0.121. The van der Waals surface area contributed by atoms with Gasteiger partial charge in [0.1, 0.15) is 0 Å². The zero-order valence-electron chi connectivity index (χ0n) is 8.69. The van der Waals surface area contributed by atoms with Crippen LogP contribution < -0.4 is 10.6 Å². The molecule has 1 amide bonds. The van der Waals surface area contributed by atoms with Gasteiger partial charge in [0.2, 0.25) is 5.91 Å². The average molecular weight is 224 g/mol. The summed E-state index contributed by atoms with van der Waals surface area (Å²) < 4.78 is 12.8. The minimum atomic E-state index is -0.644. The van der Waals surface area contributed by atoms with Crippen LogP contribution in [0.15, 0.2) is 18.2 Å². The molecule has 0 aromatic heterocycles. The van der Waals surface area contributed by atoms with Crippen molar-refractivity contribution in [2.24, 2.45) is 11.7 Å². The molecule has 1 aromatic rings. The molecule has 1 atom stereocenters. The van der Waals surface area contributed by atoms with E-state index in [9.17, 15) is 14.3 Å². The third-order valence-electron chi connectivity index (χ3n) is 2.89. The molecule has 1 aromatic carbocycles. The molecule has 1 heterocycles. The van der Waals surface area contributed by atoms with Gasteiger partial charge in [0.25, 0.3) is 0 Å². The number of benzene rings is 1. The fourth-order valence-corrected chi connectivity index (χ4v) is 1.92. The van der Waals surface area contributed by atoms with Crippen LogP contribution in [0.2, 0.25) is 0 Å². The van der Waals surface area contributed by atoms with Crippen molar-refractivity contribution in [1.29, 1.82) is 0 Å². The average Bonchev–Trinajstić information content (AvgIpc) is 2.71. The van der Waals surface area contributed by atoms with Crippen LogP contribution in [0.1, 0.15) is 6.42 Å². The summed E-state index contributed by atoms with van der Waals surface area (Å²) in [5.74, 6) is -1.49. The van der Waals surface area contributed by atoms with E-state index in [-0.39, 0.29) is 17.6 Å². The second kappa shape index (κ2) is 4.00. The summed E-state index contributed by atoms with van der Waals surface area (Å²) in [5, 5.41) is 9.24. The largest absolute Gasteiger partial charge is 0.505 e. The first-order chi connectivity index (χ1) is 7.58. The van der Waals surface area contributed by atoms with E-state index in [0.29, 0.717) is 25.2 Å². The van der Waals surface area contributed by atoms with E-state index in [2.05, 4.69) is 0 Å². The van der Waals surface area contributed by atoms with Crippen molar-refractivity contribution in [3.05, 3.63) is 24.0 Å². The van der Waals surface area contributed by atoms with Gasteiger partial charge < -0.3 is 15.7 Å². The Morgan fingerprint density at radius 2 is 2.31 bits per heavy atom. The van der Waals surface area contributed by atoms with Crippen molar-refractivity contribution in [3.63, 3.8) is 0 Å². The van der Waals surface area contributed by atoms with Gasteiger partial charge in [-0.2, -0.15) is 0 Å². The number of phenols is 1. The summed E-state index contributed by atoms with van der Waals surface area (Å²) in [6, 6.07) is 4.15. The third-order valence-corrected chi connectivity index (χ3v) is 2.89. The first-order valence-corrected chi connectivity index (χ1v) is 5.10. The van der Waals surface area contributed by atoms with Crippen LogP contribution in [0.5, 0.6) is 5.75 Å². The fraction of sp³-hybridized carbons (Fsp3) is 0.364. The molecule has 16 heavy (non-hydrogen) atoms. The van der Waals surface area contributed by atoms with Crippen LogP contribution in [-0.2, 0) is 4.79 Å². The number of carbonyl (C=O) groups is 1. The molecule has 1 aliphatic heterocycles. The van der Waals surface area contributed by atoms with Crippen LogP contribution in [0, 0.1) is 11.7 Å². The highest BCUT2D eigenvalue weighted by Gasteiger charge is 2.26. The summed E-state index contributed by atoms with van der Waals surface area (Å²) in [4.78, 5) is 12.9. The van der Waals surface area contributed by atoms with Gasteiger partial charge in [-0.1, -0.05) is 0 Å². The highest BCUT2D eigenvalue weighted by atomic mass is 19.1. The van der Waals surface area contributed by atoms with Gasteiger partial charge in [0, 0.05) is 24.8 Å². The molecule has 0 radical (unpaired) electrons. The Bertz CT molecular complexity index is 422. The molecule has 2 rings (SSSR count). The molecule has 0 bridgehead atoms. The molecule has 0 aliphatic carbocycles. The molecule has 5 heteroatoms. The van der Waals surface area contributed by atoms with E-state index in [1.54, 1.807) is 6.07 Å². The Labute approximate surface area is 92.5 Å². The minimum Gasteiger partial charge on any atom is -0.505 e. The van der Waals surface area contributed by atoms with Gasteiger partial charge in [-0.3, -0.25) is 4.79 Å². The van der Waals surface area contributed by atoms with E-state index in [1.807, 2.05) is 4.90 Å². The number of hydrogen-bond acceptors (Lipinski definition) is 3. The Balaban J connectivity index is 2.14. The Hall–Kier alpha value is -1.78. The molecular weight excluding hydrogens is 211 g/mol. The number of nitrogens with zero attached hydrogens (tertiary/aromatic N) is 1. The van der Waals surface area contributed by atoms with Crippen molar-refractivity contribution in [1.82, 2.24) is 0 Å². The molecule has 86 valence electrons. The van der Waals surface area contributed by atoms with Crippen molar-refractivity contribution < 1.29 is 14.3 Å². The van der Waals surface area contributed by atoms with E-state index < -0.39 is 5.82 Å². The number of rotatable bonds is 2. The molecule has 4 nitrogen and oxygen atoms in total. The maximum Gasteiger partial charge on any atom is 0.222 e. The number of nitrogens with two attached hydrogens (primary N) is 1. The summed E-state index contributed by atoms with van der Waals surface area (Å²) >= 11 is 0. The van der Waals surface area contributed by atoms with Gasteiger partial charge in [-0.25, -0.2) is 4.39 Å². The number of hydrogen-bond donors (Lipinski definition) is 2. The van der Waals surface area contributed by atoms with Crippen molar-refractivity contribution >= 4 is 11.6 Å². The first-order valence-electron chi connectivity index (χ1n) is 5.10. The molecule has 1 unspecified atom stereocenters. The highest BCUT2D eigenvalue weighted by Crippen LogP contribution is 2.27. The van der Waals surface area contributed by atoms with E-state index >= 15 is 0 Å². The lowest BCUT2D eigenvalue weighted by atomic mass is 10.1. The van der Waals surface area contributed by atoms with Crippen LogP contribution in [0.25, 0.3) is 0 Å². The molecule has 1 fully saturated rings. The SMILES string of the molecule is NC(=O)C1CCN(c2ccc(F)c(O)c2)C1. The van der Waals surface area contributed by atoms with Crippen LogP contribution in [0.4, 0.5) is 10.1 Å². The fourth-order valence-electron chi connectivity index (χ4n) is 1.92. The summed E-state index contributed by atoms with van der Waals surface area (Å²) in [6.45, 7) is 1.22. The second-order valence-electron chi connectivity index (χ2n) is 3.97. The normalized spacial score (nSPS) is 20.1. The van der Waals surface area contributed by atoms with Gasteiger partial charge in [-0.15, -0.1) is 0 Å². The van der Waals surface area contributed by atoms with Gasteiger partial charge in [0.05, 0.1) is 5.92 Å².